The van der Waals surface area contributed by atoms with Crippen LogP contribution in [0.1, 0.15) is 27.2 Å². The van der Waals surface area contributed by atoms with Gasteiger partial charge < -0.3 is 0 Å². The molecule has 138 valence electrons. The van der Waals surface area contributed by atoms with Crippen LogP contribution in [-0.4, -0.2) is 34.5 Å². The molecule has 0 radical (unpaired) electrons. The quantitative estimate of drug-likeness (QED) is 0.734. The predicted molar refractivity (Wildman–Crippen MR) is 96.9 cm³/mol. The van der Waals surface area contributed by atoms with E-state index in [1.165, 1.54) is 6.92 Å². The minimum Gasteiger partial charge on any atom is -0.290 e. The summed E-state index contributed by atoms with van der Waals surface area (Å²) in [5.41, 5.74) is -0.423. The molecular formula is C17H17F3N4OS. The maximum Gasteiger partial charge on any atom is 0.432 e. The second-order valence-corrected chi connectivity index (χ2v) is 7.07. The highest BCUT2D eigenvalue weighted by molar-refractivity contribution is 7.22. The van der Waals surface area contributed by atoms with Crippen molar-refractivity contribution in [3.8, 4) is 0 Å². The van der Waals surface area contributed by atoms with E-state index in [9.17, 15) is 18.0 Å². The number of rotatable bonds is 4. The third kappa shape index (κ3) is 3.35. The molecule has 1 aromatic carbocycles. The number of amides is 1. The molecule has 2 aromatic rings. The van der Waals surface area contributed by atoms with Crippen LogP contribution in [0.5, 0.6) is 0 Å². The van der Waals surface area contributed by atoms with E-state index >= 15 is 0 Å². The van der Waals surface area contributed by atoms with E-state index in [1.807, 2.05) is 6.92 Å². The number of hydrazone groups is 1. The first-order valence-corrected chi connectivity index (χ1v) is 8.93. The molecule has 1 aliphatic rings. The van der Waals surface area contributed by atoms with E-state index in [-0.39, 0.29) is 16.9 Å². The summed E-state index contributed by atoms with van der Waals surface area (Å²) in [4.78, 5) is 21.2. The number of carbonyl (C=O) groups is 1. The van der Waals surface area contributed by atoms with Gasteiger partial charge in [-0.2, -0.15) is 23.3 Å². The Labute approximate surface area is 152 Å². The van der Waals surface area contributed by atoms with E-state index < -0.39 is 23.7 Å². The van der Waals surface area contributed by atoms with Crippen LogP contribution in [0, 0.1) is 5.92 Å². The summed E-state index contributed by atoms with van der Waals surface area (Å²) in [6.45, 7) is 5.11. The topological polar surface area (TPSA) is 57.9 Å². The van der Waals surface area contributed by atoms with Gasteiger partial charge in [0.2, 0.25) is 5.13 Å². The van der Waals surface area contributed by atoms with Crippen LogP contribution in [-0.2, 0) is 4.79 Å². The van der Waals surface area contributed by atoms with Gasteiger partial charge in [0.15, 0.2) is 5.71 Å². The number of nitrogens with zero attached hydrogens (tertiary/aromatic N) is 4. The van der Waals surface area contributed by atoms with Gasteiger partial charge in [-0.15, -0.1) is 0 Å². The Morgan fingerprint density at radius 3 is 2.69 bits per heavy atom. The maximum atomic E-state index is 13.5. The number of benzene rings is 1. The average molecular weight is 382 g/mol. The Morgan fingerprint density at radius 2 is 2.08 bits per heavy atom. The first-order valence-electron chi connectivity index (χ1n) is 8.12. The molecule has 0 fully saturated rings. The molecule has 0 aliphatic carbocycles. The maximum absolute atomic E-state index is 13.5. The van der Waals surface area contributed by atoms with Crippen molar-refractivity contribution in [2.24, 2.45) is 16.0 Å². The zero-order chi connectivity index (χ0) is 19.1. The number of para-hydroxylation sites is 1. The van der Waals surface area contributed by atoms with Crippen molar-refractivity contribution in [1.29, 1.82) is 0 Å². The van der Waals surface area contributed by atoms with E-state index in [2.05, 4.69) is 15.1 Å². The summed E-state index contributed by atoms with van der Waals surface area (Å²) in [6, 6.07) is 6.92. The van der Waals surface area contributed by atoms with Crippen molar-refractivity contribution in [3.63, 3.8) is 0 Å². The van der Waals surface area contributed by atoms with E-state index in [4.69, 9.17) is 0 Å². The molecule has 0 N–H and O–H groups in total. The van der Waals surface area contributed by atoms with Crippen LogP contribution in [0.15, 0.2) is 34.4 Å². The summed E-state index contributed by atoms with van der Waals surface area (Å²) >= 11 is 1.12. The number of anilines is 1. The number of thiazole rings is 1. The van der Waals surface area contributed by atoms with Gasteiger partial charge in [0.25, 0.3) is 5.91 Å². The summed E-state index contributed by atoms with van der Waals surface area (Å²) < 4.78 is 41.2. The number of hydrogen-bond donors (Lipinski definition) is 0. The van der Waals surface area contributed by atoms with Gasteiger partial charge in [0, 0.05) is 11.8 Å². The third-order valence-electron chi connectivity index (χ3n) is 4.12. The molecule has 2 heterocycles. The minimum atomic E-state index is -4.72. The Kier molecular flexibility index (Phi) is 4.83. The zero-order valence-electron chi connectivity index (χ0n) is 14.4. The normalized spacial score (nSPS) is 20.0. The van der Waals surface area contributed by atoms with Gasteiger partial charge in [-0.05, 0) is 32.4 Å². The van der Waals surface area contributed by atoms with Crippen molar-refractivity contribution >= 4 is 44.0 Å². The highest BCUT2D eigenvalue weighted by Gasteiger charge is 2.52. The van der Waals surface area contributed by atoms with Crippen molar-refractivity contribution in [2.75, 3.05) is 5.01 Å². The standard InChI is InChI=1S/C17H17F3N4OS/c1-4-9(2)21-10(3)13-14(17(18,19)20)23-24(15(13)25)16-22-11-7-5-6-8-12(11)26-16/h5-9,13H,4H2,1-3H3/t9-,13?/m0/s1. The second-order valence-electron chi connectivity index (χ2n) is 6.06. The van der Waals surface area contributed by atoms with Gasteiger partial charge in [-0.1, -0.05) is 30.4 Å². The van der Waals surface area contributed by atoms with Crippen LogP contribution in [0.25, 0.3) is 10.2 Å². The Bertz CT molecular complexity index is 870. The molecular weight excluding hydrogens is 365 g/mol. The van der Waals surface area contributed by atoms with Gasteiger partial charge in [0.05, 0.1) is 10.2 Å². The molecule has 26 heavy (non-hydrogen) atoms. The van der Waals surface area contributed by atoms with Gasteiger partial charge in [-0.25, -0.2) is 4.98 Å². The molecule has 1 aromatic heterocycles. The van der Waals surface area contributed by atoms with Gasteiger partial charge >= 0.3 is 6.18 Å². The predicted octanol–water partition coefficient (Wildman–Crippen LogP) is 4.44. The molecule has 0 saturated heterocycles. The fraction of sp³-hybridized carbons (Fsp3) is 0.412. The van der Waals surface area contributed by atoms with Crippen LogP contribution in [0.4, 0.5) is 18.3 Å². The first kappa shape index (κ1) is 18.5. The average Bonchev–Trinajstić information content (AvgIpc) is 3.14. The molecule has 0 saturated carbocycles. The van der Waals surface area contributed by atoms with Crippen LogP contribution >= 0.6 is 11.3 Å². The van der Waals surface area contributed by atoms with E-state index in [1.54, 1.807) is 31.2 Å². The number of fused-ring (bicyclic) bond motifs is 1. The molecule has 9 heteroatoms. The Balaban J connectivity index is 2.04. The third-order valence-corrected chi connectivity index (χ3v) is 5.14. The summed E-state index contributed by atoms with van der Waals surface area (Å²) in [6.07, 6.45) is -4.06. The highest BCUT2D eigenvalue weighted by atomic mass is 32.1. The SMILES string of the molecule is CC[C@H](C)N=C(C)C1C(=O)N(c2nc3ccccc3s2)N=C1C(F)(F)F. The minimum absolute atomic E-state index is 0.115. The molecule has 3 rings (SSSR count). The molecule has 1 amide bonds. The van der Waals surface area contributed by atoms with Crippen LogP contribution < -0.4 is 5.01 Å². The fourth-order valence-corrected chi connectivity index (χ4v) is 3.57. The molecule has 5 nitrogen and oxygen atoms in total. The number of carbonyl (C=O) groups excluding carboxylic acids is 1. The van der Waals surface area contributed by atoms with Crippen molar-refractivity contribution in [3.05, 3.63) is 24.3 Å². The van der Waals surface area contributed by atoms with E-state index in [0.717, 1.165) is 21.0 Å². The summed E-state index contributed by atoms with van der Waals surface area (Å²) in [5, 5.41) is 4.46. The van der Waals surface area contributed by atoms with Crippen LogP contribution in [0.2, 0.25) is 0 Å². The molecule has 2 atom stereocenters. The second kappa shape index (κ2) is 6.79. The number of alkyl halides is 3. The first-order chi connectivity index (χ1) is 12.2. The number of halogens is 3. The zero-order valence-corrected chi connectivity index (χ0v) is 15.2. The van der Waals surface area contributed by atoms with Crippen LogP contribution in [0.3, 0.4) is 0 Å². The molecule has 0 spiro atoms. The number of hydrogen-bond acceptors (Lipinski definition) is 5. The summed E-state index contributed by atoms with van der Waals surface area (Å²) in [7, 11) is 0. The largest absolute Gasteiger partial charge is 0.432 e. The van der Waals surface area contributed by atoms with Crippen molar-refractivity contribution in [1.82, 2.24) is 4.98 Å². The summed E-state index contributed by atoms with van der Waals surface area (Å²) in [5.74, 6) is -2.31. The lowest BCUT2D eigenvalue weighted by molar-refractivity contribution is -0.119. The lowest BCUT2D eigenvalue weighted by Crippen LogP contribution is -2.38. The lowest BCUT2D eigenvalue weighted by Gasteiger charge is -2.15. The smallest absolute Gasteiger partial charge is 0.290 e. The van der Waals surface area contributed by atoms with E-state index in [0.29, 0.717) is 11.9 Å². The Morgan fingerprint density at radius 1 is 1.38 bits per heavy atom. The number of aliphatic imine (C=N–C) groups is 1. The highest BCUT2D eigenvalue weighted by Crippen LogP contribution is 2.36. The fourth-order valence-electron chi connectivity index (χ4n) is 2.65. The van der Waals surface area contributed by atoms with Crippen molar-refractivity contribution < 1.29 is 18.0 Å². The number of aromatic nitrogens is 1. The van der Waals surface area contributed by atoms with Gasteiger partial charge in [-0.3, -0.25) is 9.79 Å². The Hall–Kier alpha value is -2.29. The molecule has 1 unspecified atom stereocenters. The monoisotopic (exact) mass is 382 g/mol. The van der Waals surface area contributed by atoms with Crippen molar-refractivity contribution in [2.45, 2.75) is 39.4 Å². The van der Waals surface area contributed by atoms with Gasteiger partial charge in [0.1, 0.15) is 5.92 Å². The molecule has 0 bridgehead atoms. The lowest BCUT2D eigenvalue weighted by atomic mass is 9.97. The molecule has 1 aliphatic heterocycles.